The number of amides is 1. The monoisotopic (exact) mass is 374 g/mol. The Morgan fingerprint density at radius 2 is 1.96 bits per heavy atom. The molecule has 1 heterocycles. The zero-order valence-electron chi connectivity index (χ0n) is 16.4. The number of Topliss-reactive ketones (excluding diaryl/α,β-unsaturated/α-hetero) is 1. The van der Waals surface area contributed by atoms with Crippen molar-refractivity contribution in [1.29, 1.82) is 0 Å². The van der Waals surface area contributed by atoms with E-state index in [1.807, 2.05) is 30.3 Å². The molecule has 3 atom stereocenters. The second-order valence-electron chi connectivity index (χ2n) is 7.02. The summed E-state index contributed by atoms with van der Waals surface area (Å²) >= 11 is 0. The molecule has 1 fully saturated rings. The number of esters is 1. The molecule has 2 rings (SSSR count). The summed E-state index contributed by atoms with van der Waals surface area (Å²) in [6.07, 6.45) is 2.79. The molecule has 1 N–H and O–H groups in total. The fourth-order valence-electron chi connectivity index (χ4n) is 3.54. The SMILES string of the molecule is CCOC(=O)C(CCc1ccccc1)NC(C)C(=O)N1CCCC1C(C)=O. The van der Waals surface area contributed by atoms with Gasteiger partial charge < -0.3 is 9.64 Å². The van der Waals surface area contributed by atoms with Crippen molar-refractivity contribution in [2.45, 2.75) is 64.6 Å². The fourth-order valence-corrected chi connectivity index (χ4v) is 3.54. The minimum absolute atomic E-state index is 0.0130. The van der Waals surface area contributed by atoms with Crippen molar-refractivity contribution in [3.8, 4) is 0 Å². The van der Waals surface area contributed by atoms with Gasteiger partial charge in [-0.05, 0) is 52.0 Å². The minimum Gasteiger partial charge on any atom is -0.465 e. The molecule has 3 unspecified atom stereocenters. The highest BCUT2D eigenvalue weighted by Gasteiger charge is 2.35. The Hall–Kier alpha value is -2.21. The summed E-state index contributed by atoms with van der Waals surface area (Å²) in [7, 11) is 0. The minimum atomic E-state index is -0.567. The van der Waals surface area contributed by atoms with E-state index >= 15 is 0 Å². The van der Waals surface area contributed by atoms with Crippen molar-refractivity contribution in [1.82, 2.24) is 10.2 Å². The van der Waals surface area contributed by atoms with Crippen LogP contribution >= 0.6 is 0 Å². The zero-order chi connectivity index (χ0) is 19.8. The van der Waals surface area contributed by atoms with Gasteiger partial charge >= 0.3 is 5.97 Å². The van der Waals surface area contributed by atoms with Gasteiger partial charge in [-0.3, -0.25) is 19.7 Å². The highest BCUT2D eigenvalue weighted by atomic mass is 16.5. The van der Waals surface area contributed by atoms with Crippen LogP contribution in [0.25, 0.3) is 0 Å². The van der Waals surface area contributed by atoms with E-state index in [2.05, 4.69) is 5.32 Å². The lowest BCUT2D eigenvalue weighted by Gasteiger charge is -2.28. The maximum atomic E-state index is 12.8. The Balaban J connectivity index is 2.01. The van der Waals surface area contributed by atoms with Gasteiger partial charge in [0, 0.05) is 6.54 Å². The fraction of sp³-hybridized carbons (Fsp3) is 0.571. The molecular weight excluding hydrogens is 344 g/mol. The number of nitrogens with one attached hydrogen (secondary N) is 1. The van der Waals surface area contributed by atoms with Crippen molar-refractivity contribution in [3.63, 3.8) is 0 Å². The van der Waals surface area contributed by atoms with Gasteiger partial charge in [-0.25, -0.2) is 0 Å². The van der Waals surface area contributed by atoms with Crippen LogP contribution in [-0.2, 0) is 25.5 Å². The Labute approximate surface area is 161 Å². The first kappa shape index (κ1) is 21.1. The molecule has 27 heavy (non-hydrogen) atoms. The average molecular weight is 374 g/mol. The number of carbonyl (C=O) groups excluding carboxylic acids is 3. The van der Waals surface area contributed by atoms with Crippen LogP contribution in [-0.4, -0.2) is 53.8 Å². The molecular formula is C21H30N2O4. The third-order valence-electron chi connectivity index (χ3n) is 4.96. The van der Waals surface area contributed by atoms with Gasteiger partial charge in [0.15, 0.2) is 5.78 Å². The number of carbonyl (C=O) groups is 3. The van der Waals surface area contributed by atoms with E-state index in [1.165, 1.54) is 6.92 Å². The van der Waals surface area contributed by atoms with Crippen LogP contribution in [0.15, 0.2) is 30.3 Å². The van der Waals surface area contributed by atoms with Crippen LogP contribution in [0.4, 0.5) is 0 Å². The molecule has 1 aliphatic heterocycles. The van der Waals surface area contributed by atoms with E-state index in [0.29, 0.717) is 32.4 Å². The van der Waals surface area contributed by atoms with E-state index < -0.39 is 12.1 Å². The molecule has 1 aliphatic rings. The van der Waals surface area contributed by atoms with Crippen molar-refractivity contribution < 1.29 is 19.1 Å². The molecule has 0 aromatic heterocycles. The second-order valence-corrected chi connectivity index (χ2v) is 7.02. The first-order valence-corrected chi connectivity index (χ1v) is 9.71. The number of hydrogen-bond donors (Lipinski definition) is 1. The molecule has 6 nitrogen and oxygen atoms in total. The molecule has 6 heteroatoms. The number of likely N-dealkylation sites (tertiary alicyclic amines) is 1. The summed E-state index contributed by atoms with van der Waals surface area (Å²) in [5.41, 5.74) is 1.13. The molecule has 0 aliphatic carbocycles. The Kier molecular flexibility index (Phi) is 7.98. The summed E-state index contributed by atoms with van der Waals surface area (Å²) in [5, 5.41) is 3.13. The molecule has 0 bridgehead atoms. The molecule has 1 amide bonds. The number of rotatable bonds is 9. The molecule has 148 valence electrons. The molecule has 1 aromatic rings. The van der Waals surface area contributed by atoms with Crippen molar-refractivity contribution >= 4 is 17.7 Å². The smallest absolute Gasteiger partial charge is 0.323 e. The van der Waals surface area contributed by atoms with Crippen LogP contribution in [0.2, 0.25) is 0 Å². The topological polar surface area (TPSA) is 75.7 Å². The lowest BCUT2D eigenvalue weighted by molar-refractivity contribution is -0.147. The summed E-state index contributed by atoms with van der Waals surface area (Å²) in [5.74, 6) is -0.474. The highest BCUT2D eigenvalue weighted by molar-refractivity contribution is 5.90. The van der Waals surface area contributed by atoms with E-state index in [9.17, 15) is 14.4 Å². The zero-order valence-corrected chi connectivity index (χ0v) is 16.4. The summed E-state index contributed by atoms with van der Waals surface area (Å²) < 4.78 is 5.18. The highest BCUT2D eigenvalue weighted by Crippen LogP contribution is 2.19. The van der Waals surface area contributed by atoms with Crippen LogP contribution in [0.5, 0.6) is 0 Å². The number of ether oxygens (including phenoxy) is 1. The molecule has 1 aromatic carbocycles. The number of ketones is 1. The second kappa shape index (κ2) is 10.2. The number of aryl methyl sites for hydroxylation is 1. The average Bonchev–Trinajstić information content (AvgIpc) is 3.15. The molecule has 1 saturated heterocycles. The summed E-state index contributed by atoms with van der Waals surface area (Å²) in [6, 6.07) is 8.43. The van der Waals surface area contributed by atoms with Crippen molar-refractivity contribution in [3.05, 3.63) is 35.9 Å². The van der Waals surface area contributed by atoms with Gasteiger partial charge in [-0.2, -0.15) is 0 Å². The van der Waals surface area contributed by atoms with Gasteiger partial charge in [0.1, 0.15) is 6.04 Å². The largest absolute Gasteiger partial charge is 0.465 e. The van der Waals surface area contributed by atoms with Crippen LogP contribution in [0, 0.1) is 0 Å². The lowest BCUT2D eigenvalue weighted by Crippen LogP contribution is -2.53. The van der Waals surface area contributed by atoms with E-state index in [0.717, 1.165) is 12.0 Å². The Bertz CT molecular complexity index is 647. The maximum absolute atomic E-state index is 12.8. The number of hydrogen-bond acceptors (Lipinski definition) is 5. The standard InChI is InChI=1S/C21H30N2O4/c1-4-27-21(26)18(13-12-17-9-6-5-7-10-17)22-15(2)20(25)23-14-8-11-19(23)16(3)24/h5-7,9-10,15,18-19,22H,4,8,11-14H2,1-3H3. The Morgan fingerprint density at radius 1 is 1.26 bits per heavy atom. The van der Waals surface area contributed by atoms with Gasteiger partial charge in [0.05, 0.1) is 18.7 Å². The summed E-state index contributed by atoms with van der Waals surface area (Å²) in [4.78, 5) is 38.6. The van der Waals surface area contributed by atoms with Gasteiger partial charge in [-0.15, -0.1) is 0 Å². The molecule has 0 spiro atoms. The van der Waals surface area contributed by atoms with E-state index in [1.54, 1.807) is 18.7 Å². The number of benzene rings is 1. The number of nitrogens with zero attached hydrogens (tertiary/aromatic N) is 1. The first-order valence-electron chi connectivity index (χ1n) is 9.71. The van der Waals surface area contributed by atoms with Crippen LogP contribution < -0.4 is 5.32 Å². The maximum Gasteiger partial charge on any atom is 0.323 e. The predicted molar refractivity (Wildman–Crippen MR) is 103 cm³/mol. The summed E-state index contributed by atoms with van der Waals surface area (Å²) in [6.45, 7) is 5.91. The quantitative estimate of drug-likeness (QED) is 0.670. The van der Waals surface area contributed by atoms with Gasteiger partial charge in [-0.1, -0.05) is 30.3 Å². The van der Waals surface area contributed by atoms with Crippen molar-refractivity contribution in [2.75, 3.05) is 13.2 Å². The van der Waals surface area contributed by atoms with E-state index in [-0.39, 0.29) is 23.7 Å². The van der Waals surface area contributed by atoms with Gasteiger partial charge in [0.25, 0.3) is 0 Å². The van der Waals surface area contributed by atoms with Gasteiger partial charge in [0.2, 0.25) is 5.91 Å². The third-order valence-corrected chi connectivity index (χ3v) is 4.96. The normalized spacial score (nSPS) is 18.8. The predicted octanol–water partition coefficient (Wildman–Crippen LogP) is 2.11. The van der Waals surface area contributed by atoms with E-state index in [4.69, 9.17) is 4.74 Å². The molecule has 0 saturated carbocycles. The molecule has 0 radical (unpaired) electrons. The Morgan fingerprint density at radius 3 is 2.59 bits per heavy atom. The van der Waals surface area contributed by atoms with Crippen LogP contribution in [0.3, 0.4) is 0 Å². The first-order chi connectivity index (χ1) is 12.9. The third kappa shape index (κ3) is 5.89. The lowest BCUT2D eigenvalue weighted by atomic mass is 10.0. The van der Waals surface area contributed by atoms with Crippen LogP contribution in [0.1, 0.15) is 45.6 Å². The van der Waals surface area contributed by atoms with Crippen molar-refractivity contribution in [2.24, 2.45) is 0 Å².